The number of ketones is 1. The summed E-state index contributed by atoms with van der Waals surface area (Å²) in [5.41, 5.74) is 6.10. The highest BCUT2D eigenvalue weighted by Crippen LogP contribution is 2.60. The smallest absolute Gasteiger partial charge is 0.222 e. The van der Waals surface area contributed by atoms with Gasteiger partial charge < -0.3 is 5.73 Å². The van der Waals surface area contributed by atoms with Gasteiger partial charge in [-0.3, -0.25) is 4.79 Å². The van der Waals surface area contributed by atoms with Crippen molar-refractivity contribution in [1.82, 2.24) is 9.97 Å². The number of anilines is 1. The van der Waals surface area contributed by atoms with E-state index in [0.717, 1.165) is 37.0 Å². The van der Waals surface area contributed by atoms with E-state index in [1.807, 2.05) is 6.26 Å². The molecule has 0 unspecified atom stereocenters. The summed E-state index contributed by atoms with van der Waals surface area (Å²) in [7, 11) is 0. The Morgan fingerprint density at radius 1 is 1.20 bits per heavy atom. The predicted molar refractivity (Wildman–Crippen MR) is 99.3 cm³/mol. The minimum Gasteiger partial charge on any atom is -0.368 e. The summed E-state index contributed by atoms with van der Waals surface area (Å²) >= 11 is 2.73. The summed E-state index contributed by atoms with van der Waals surface area (Å²) < 4.78 is 0. The number of thioether (sulfide) groups is 2. The maximum absolute atomic E-state index is 13.1. The third-order valence-electron chi connectivity index (χ3n) is 6.13. The first-order valence-electron chi connectivity index (χ1n) is 8.80. The Kier molecular flexibility index (Phi) is 4.45. The fourth-order valence-corrected chi connectivity index (χ4v) is 7.14. The number of carbonyl (C=O) groups excluding carboxylic acids is 1. The lowest BCUT2D eigenvalue weighted by molar-refractivity contribution is -0.141. The van der Waals surface area contributed by atoms with Crippen LogP contribution in [0.2, 0.25) is 0 Å². The van der Waals surface area contributed by atoms with E-state index in [2.05, 4.69) is 16.0 Å². The molecule has 0 atom stereocenters. The molecule has 1 aromatic rings. The van der Waals surface area contributed by atoms with Crippen molar-refractivity contribution in [2.45, 2.75) is 48.6 Å². The molecule has 0 radical (unpaired) electrons. The van der Waals surface area contributed by atoms with Crippen LogP contribution in [0.4, 0.5) is 5.95 Å². The van der Waals surface area contributed by atoms with Crippen molar-refractivity contribution in [1.29, 1.82) is 5.26 Å². The molecule has 4 aliphatic carbocycles. The average molecular weight is 375 g/mol. The number of carbonyl (C=O) groups is 1. The van der Waals surface area contributed by atoms with Crippen LogP contribution in [0.5, 0.6) is 0 Å². The fourth-order valence-electron chi connectivity index (χ4n) is 5.52. The zero-order valence-electron chi connectivity index (χ0n) is 14.3. The third kappa shape index (κ3) is 3.04. The van der Waals surface area contributed by atoms with Gasteiger partial charge in [0.15, 0.2) is 0 Å². The summed E-state index contributed by atoms with van der Waals surface area (Å²) in [6.07, 6.45) is 9.08. The first-order valence-corrected chi connectivity index (χ1v) is 11.0. The monoisotopic (exact) mass is 374 g/mol. The van der Waals surface area contributed by atoms with Crippen LogP contribution in [0.25, 0.3) is 0 Å². The van der Waals surface area contributed by atoms with Gasteiger partial charge >= 0.3 is 0 Å². The minimum absolute atomic E-state index is 0.102. The minimum atomic E-state index is -0.102. The van der Waals surface area contributed by atoms with Crippen molar-refractivity contribution in [3.63, 3.8) is 0 Å². The van der Waals surface area contributed by atoms with Crippen LogP contribution in [0.3, 0.4) is 0 Å². The average Bonchev–Trinajstić information content (AvgIpc) is 2.57. The summed E-state index contributed by atoms with van der Waals surface area (Å²) in [5.74, 6) is 3.16. The second kappa shape index (κ2) is 6.48. The molecule has 25 heavy (non-hydrogen) atoms. The lowest BCUT2D eigenvalue weighted by atomic mass is 9.48. The van der Waals surface area contributed by atoms with Crippen molar-refractivity contribution in [2.75, 3.05) is 17.7 Å². The molecular formula is C18H22N4OS2. The summed E-state index contributed by atoms with van der Waals surface area (Å²) in [4.78, 5) is 21.5. The Labute approximate surface area is 156 Å². The molecular weight excluding hydrogens is 352 g/mol. The molecule has 4 bridgehead atoms. The van der Waals surface area contributed by atoms with E-state index in [9.17, 15) is 10.1 Å². The Morgan fingerprint density at radius 2 is 1.76 bits per heavy atom. The number of hydrogen-bond acceptors (Lipinski definition) is 7. The molecule has 2 N–H and O–H groups in total. The number of Topliss-reactive ketones (excluding diaryl/α,β-unsaturated/α-hetero) is 1. The van der Waals surface area contributed by atoms with E-state index in [1.165, 1.54) is 42.8 Å². The van der Waals surface area contributed by atoms with E-state index >= 15 is 0 Å². The molecule has 4 fully saturated rings. The normalized spacial score (nSPS) is 32.6. The van der Waals surface area contributed by atoms with Crippen molar-refractivity contribution in [3.05, 3.63) is 5.56 Å². The number of nitrogens with zero attached hydrogens (tertiary/aromatic N) is 3. The maximum Gasteiger partial charge on any atom is 0.222 e. The maximum atomic E-state index is 13.1. The van der Waals surface area contributed by atoms with Gasteiger partial charge in [0.1, 0.15) is 27.5 Å². The number of hydrogen-bond donors (Lipinski definition) is 1. The van der Waals surface area contributed by atoms with Gasteiger partial charge in [-0.15, -0.1) is 11.8 Å². The SMILES string of the molecule is CSc1nc(N)nc(SCC(=O)C23CC4CC(CC(C4)C2)C3)c1C#N. The van der Waals surface area contributed by atoms with Crippen molar-refractivity contribution in [2.24, 2.45) is 23.2 Å². The van der Waals surface area contributed by atoms with Gasteiger partial charge in [-0.05, 0) is 62.5 Å². The van der Waals surface area contributed by atoms with E-state index in [0.29, 0.717) is 27.2 Å². The number of nitrogens with two attached hydrogens (primary N) is 1. The van der Waals surface area contributed by atoms with Crippen molar-refractivity contribution in [3.8, 4) is 6.07 Å². The van der Waals surface area contributed by atoms with Gasteiger partial charge in [0, 0.05) is 5.41 Å². The summed E-state index contributed by atoms with van der Waals surface area (Å²) in [5, 5.41) is 10.6. The molecule has 132 valence electrons. The standard InChI is InChI=1S/C18H22N4OS2/c1-24-15-13(8-19)16(22-17(20)21-15)25-9-14(23)18-5-10-2-11(6-18)4-12(3-10)7-18/h10-12H,2-7,9H2,1H3,(H2,20,21,22). The highest BCUT2D eigenvalue weighted by atomic mass is 32.2. The van der Waals surface area contributed by atoms with Crippen LogP contribution in [0, 0.1) is 34.5 Å². The zero-order chi connectivity index (χ0) is 17.6. The molecule has 0 saturated heterocycles. The topological polar surface area (TPSA) is 92.7 Å². The van der Waals surface area contributed by atoms with Crippen LogP contribution < -0.4 is 5.73 Å². The Bertz CT molecular complexity index is 723. The first-order chi connectivity index (χ1) is 12.0. The van der Waals surface area contributed by atoms with Crippen LogP contribution in [0.15, 0.2) is 10.1 Å². The lowest BCUT2D eigenvalue weighted by Crippen LogP contribution is -2.50. The number of aromatic nitrogens is 2. The van der Waals surface area contributed by atoms with Crippen molar-refractivity contribution >= 4 is 35.3 Å². The molecule has 0 amide bonds. The van der Waals surface area contributed by atoms with Crippen LogP contribution >= 0.6 is 23.5 Å². The van der Waals surface area contributed by atoms with Crippen LogP contribution in [0.1, 0.15) is 44.1 Å². The third-order valence-corrected chi connectivity index (χ3v) is 7.79. The quantitative estimate of drug-likeness (QED) is 0.622. The molecule has 4 aliphatic rings. The van der Waals surface area contributed by atoms with Gasteiger partial charge in [-0.25, -0.2) is 9.97 Å². The van der Waals surface area contributed by atoms with E-state index < -0.39 is 0 Å². The van der Waals surface area contributed by atoms with E-state index in [1.54, 1.807) is 0 Å². The Balaban J connectivity index is 1.52. The molecule has 4 saturated carbocycles. The fraction of sp³-hybridized carbons (Fsp3) is 0.667. The molecule has 0 aliphatic heterocycles. The van der Waals surface area contributed by atoms with Crippen LogP contribution in [-0.4, -0.2) is 27.8 Å². The van der Waals surface area contributed by atoms with Crippen molar-refractivity contribution < 1.29 is 4.79 Å². The molecule has 7 heteroatoms. The van der Waals surface area contributed by atoms with Gasteiger partial charge in [0.2, 0.25) is 5.95 Å². The summed E-state index contributed by atoms with van der Waals surface area (Å²) in [6, 6.07) is 2.17. The molecule has 5 rings (SSSR count). The highest BCUT2D eigenvalue weighted by molar-refractivity contribution is 8.00. The second-order valence-corrected chi connectivity index (χ2v) is 9.55. The van der Waals surface area contributed by atoms with Gasteiger partial charge in [0.05, 0.1) is 5.75 Å². The largest absolute Gasteiger partial charge is 0.368 e. The molecule has 1 aromatic heterocycles. The first kappa shape index (κ1) is 17.2. The van der Waals surface area contributed by atoms with Gasteiger partial charge in [-0.1, -0.05) is 11.8 Å². The van der Waals surface area contributed by atoms with E-state index in [-0.39, 0.29) is 11.4 Å². The highest BCUT2D eigenvalue weighted by Gasteiger charge is 2.54. The molecule has 0 aromatic carbocycles. The second-order valence-electron chi connectivity index (χ2n) is 7.79. The van der Waals surface area contributed by atoms with Gasteiger partial charge in [0.25, 0.3) is 0 Å². The Hall–Kier alpha value is -1.26. The van der Waals surface area contributed by atoms with Gasteiger partial charge in [-0.2, -0.15) is 5.26 Å². The number of rotatable bonds is 5. The molecule has 1 heterocycles. The summed E-state index contributed by atoms with van der Waals surface area (Å²) in [6.45, 7) is 0. The zero-order valence-corrected chi connectivity index (χ0v) is 16.0. The lowest BCUT2D eigenvalue weighted by Gasteiger charge is -2.56. The predicted octanol–water partition coefficient (Wildman–Crippen LogP) is 3.53. The van der Waals surface area contributed by atoms with Crippen LogP contribution in [-0.2, 0) is 4.79 Å². The van der Waals surface area contributed by atoms with E-state index in [4.69, 9.17) is 5.73 Å². The molecule has 0 spiro atoms. The Morgan fingerprint density at radius 3 is 2.28 bits per heavy atom. The number of nitriles is 1. The number of nitrogen functional groups attached to an aromatic ring is 1. The molecule has 5 nitrogen and oxygen atoms in total.